The summed E-state index contributed by atoms with van der Waals surface area (Å²) in [4.78, 5) is 26.5. The number of carbonyl (C=O) groups excluding carboxylic acids is 2. The Morgan fingerprint density at radius 2 is 1.48 bits per heavy atom. The Bertz CT molecular complexity index is 420. The fourth-order valence-electron chi connectivity index (χ4n) is 6.06. The molecule has 5 rings (SSSR count). The average molecular weight is 289 g/mol. The minimum Gasteiger partial charge on any atom is -0.342 e. The van der Waals surface area contributed by atoms with Gasteiger partial charge in [-0.05, 0) is 68.6 Å². The van der Waals surface area contributed by atoms with Crippen LogP contribution < -0.4 is 0 Å². The molecule has 4 bridgehead atoms. The molecule has 0 aliphatic heterocycles. The van der Waals surface area contributed by atoms with Gasteiger partial charge in [-0.1, -0.05) is 0 Å². The minimum atomic E-state index is 0.306. The number of nitrogens with zero attached hydrogens (tertiary/aromatic N) is 1. The Labute approximate surface area is 127 Å². The summed E-state index contributed by atoms with van der Waals surface area (Å²) in [6.07, 6.45) is 9.77. The van der Waals surface area contributed by atoms with Crippen molar-refractivity contribution in [2.24, 2.45) is 29.6 Å². The molecule has 116 valence electrons. The Morgan fingerprint density at radius 1 is 0.952 bits per heavy atom. The van der Waals surface area contributed by atoms with Crippen LogP contribution in [0.25, 0.3) is 0 Å². The van der Waals surface area contributed by atoms with Crippen molar-refractivity contribution >= 4 is 11.7 Å². The molecule has 0 aromatic carbocycles. The Kier molecular flexibility index (Phi) is 3.35. The molecule has 0 spiro atoms. The molecule has 0 radical (unpaired) electrons. The molecule has 21 heavy (non-hydrogen) atoms. The number of Topliss-reactive ketones (excluding diaryl/α,β-unsaturated/α-hetero) is 1. The van der Waals surface area contributed by atoms with Gasteiger partial charge < -0.3 is 4.90 Å². The molecule has 5 aliphatic carbocycles. The van der Waals surface area contributed by atoms with Gasteiger partial charge in [-0.2, -0.15) is 0 Å². The van der Waals surface area contributed by atoms with E-state index in [2.05, 4.69) is 0 Å². The van der Waals surface area contributed by atoms with E-state index in [1.807, 2.05) is 11.9 Å². The molecule has 0 atom stereocenters. The molecule has 0 unspecified atom stereocenters. The number of hydrogen-bond acceptors (Lipinski definition) is 2. The normalized spacial score (nSPS) is 42.3. The van der Waals surface area contributed by atoms with E-state index in [9.17, 15) is 9.59 Å². The van der Waals surface area contributed by atoms with Gasteiger partial charge in [0, 0.05) is 31.8 Å². The molecular weight excluding hydrogens is 262 g/mol. The first-order valence-corrected chi connectivity index (χ1v) is 8.90. The summed E-state index contributed by atoms with van der Waals surface area (Å²) in [5, 5.41) is 0. The van der Waals surface area contributed by atoms with Gasteiger partial charge in [0.2, 0.25) is 5.91 Å². The van der Waals surface area contributed by atoms with Gasteiger partial charge in [-0.15, -0.1) is 0 Å². The first-order valence-electron chi connectivity index (χ1n) is 8.90. The first-order chi connectivity index (χ1) is 10.1. The molecule has 0 aromatic rings. The monoisotopic (exact) mass is 289 g/mol. The predicted molar refractivity (Wildman–Crippen MR) is 80.6 cm³/mol. The van der Waals surface area contributed by atoms with Crippen LogP contribution in [0.15, 0.2) is 0 Å². The highest BCUT2D eigenvalue weighted by molar-refractivity contribution is 5.82. The molecular formula is C18H27NO2. The highest BCUT2D eigenvalue weighted by Crippen LogP contribution is 2.56. The maximum absolute atomic E-state index is 13.1. The molecule has 5 fully saturated rings. The zero-order chi connectivity index (χ0) is 14.6. The lowest BCUT2D eigenvalue weighted by atomic mass is 9.51. The van der Waals surface area contributed by atoms with Crippen LogP contribution in [-0.2, 0) is 9.59 Å². The Hall–Kier alpha value is -0.860. The third kappa shape index (κ3) is 2.33. The van der Waals surface area contributed by atoms with Crippen molar-refractivity contribution in [3.8, 4) is 0 Å². The summed E-state index contributed by atoms with van der Waals surface area (Å²) in [5.41, 5.74) is 0. The van der Waals surface area contributed by atoms with Crippen molar-refractivity contribution in [3.05, 3.63) is 0 Å². The number of amides is 1. The lowest BCUT2D eigenvalue weighted by Crippen LogP contribution is -2.53. The summed E-state index contributed by atoms with van der Waals surface area (Å²) in [7, 11) is 1.99. The van der Waals surface area contributed by atoms with Crippen LogP contribution in [0.1, 0.15) is 57.8 Å². The molecule has 1 amide bonds. The van der Waals surface area contributed by atoms with Gasteiger partial charge in [-0.25, -0.2) is 0 Å². The maximum atomic E-state index is 13.1. The average Bonchev–Trinajstić information content (AvgIpc) is 2.46. The van der Waals surface area contributed by atoms with Gasteiger partial charge in [0.15, 0.2) is 0 Å². The molecule has 0 saturated heterocycles. The lowest BCUT2D eigenvalue weighted by molar-refractivity contribution is -0.151. The van der Waals surface area contributed by atoms with Gasteiger partial charge >= 0.3 is 0 Å². The summed E-state index contributed by atoms with van der Waals surface area (Å²) < 4.78 is 0. The van der Waals surface area contributed by atoms with Gasteiger partial charge in [0.05, 0.1) is 0 Å². The molecule has 5 aliphatic rings. The fourth-order valence-corrected chi connectivity index (χ4v) is 6.06. The van der Waals surface area contributed by atoms with E-state index in [1.165, 1.54) is 32.1 Å². The third-order valence-corrected chi connectivity index (χ3v) is 6.92. The van der Waals surface area contributed by atoms with E-state index in [4.69, 9.17) is 0 Å². The quantitative estimate of drug-likeness (QED) is 0.783. The van der Waals surface area contributed by atoms with E-state index in [-0.39, 0.29) is 0 Å². The van der Waals surface area contributed by atoms with Crippen LogP contribution in [0.5, 0.6) is 0 Å². The van der Waals surface area contributed by atoms with Crippen LogP contribution in [0.3, 0.4) is 0 Å². The molecule has 0 heterocycles. The van der Waals surface area contributed by atoms with Gasteiger partial charge in [0.1, 0.15) is 5.78 Å². The number of rotatable bonds is 2. The van der Waals surface area contributed by atoms with Crippen molar-refractivity contribution in [2.75, 3.05) is 7.05 Å². The Morgan fingerprint density at radius 3 is 2.00 bits per heavy atom. The summed E-state index contributed by atoms with van der Waals surface area (Å²) >= 11 is 0. The van der Waals surface area contributed by atoms with Crippen molar-refractivity contribution in [2.45, 2.75) is 63.8 Å². The van der Waals surface area contributed by atoms with Crippen LogP contribution >= 0.6 is 0 Å². The van der Waals surface area contributed by atoms with Crippen LogP contribution in [0, 0.1) is 29.6 Å². The van der Waals surface area contributed by atoms with Crippen molar-refractivity contribution in [1.29, 1.82) is 0 Å². The highest BCUT2D eigenvalue weighted by Gasteiger charge is 2.51. The predicted octanol–water partition coefficient (Wildman–Crippen LogP) is 3.03. The number of carbonyl (C=O) groups is 2. The molecule has 0 N–H and O–H groups in total. The Balaban J connectivity index is 1.46. The minimum absolute atomic E-state index is 0.306. The second kappa shape index (κ2) is 5.10. The largest absolute Gasteiger partial charge is 0.342 e. The molecule has 0 aromatic heterocycles. The summed E-state index contributed by atoms with van der Waals surface area (Å²) in [5.74, 6) is 4.27. The summed E-state index contributed by atoms with van der Waals surface area (Å²) in [6.45, 7) is 0. The van der Waals surface area contributed by atoms with Crippen LogP contribution in [0.2, 0.25) is 0 Å². The highest BCUT2D eigenvalue weighted by atomic mass is 16.2. The van der Waals surface area contributed by atoms with Crippen LogP contribution in [0.4, 0.5) is 0 Å². The fraction of sp³-hybridized carbons (Fsp3) is 0.889. The lowest BCUT2D eigenvalue weighted by Gasteiger charge is -2.54. The number of ketones is 1. The second-order valence-electron chi connectivity index (χ2n) is 8.18. The van der Waals surface area contributed by atoms with E-state index < -0.39 is 0 Å². The third-order valence-electron chi connectivity index (χ3n) is 6.92. The van der Waals surface area contributed by atoms with E-state index in [1.54, 1.807) is 0 Å². The van der Waals surface area contributed by atoms with Gasteiger partial charge in [-0.3, -0.25) is 9.59 Å². The van der Waals surface area contributed by atoms with Crippen molar-refractivity contribution in [1.82, 2.24) is 4.90 Å². The van der Waals surface area contributed by atoms with Crippen molar-refractivity contribution in [3.63, 3.8) is 0 Å². The zero-order valence-electron chi connectivity index (χ0n) is 13.1. The van der Waals surface area contributed by atoms with E-state index in [0.717, 1.165) is 24.7 Å². The van der Waals surface area contributed by atoms with E-state index >= 15 is 0 Å². The smallest absolute Gasteiger partial charge is 0.226 e. The molecule has 5 saturated carbocycles. The molecule has 3 heteroatoms. The van der Waals surface area contributed by atoms with Gasteiger partial charge in [0.25, 0.3) is 0 Å². The second-order valence-corrected chi connectivity index (χ2v) is 8.18. The topological polar surface area (TPSA) is 37.4 Å². The van der Waals surface area contributed by atoms with Crippen LogP contribution in [-0.4, -0.2) is 29.7 Å². The molecule has 3 nitrogen and oxygen atoms in total. The maximum Gasteiger partial charge on any atom is 0.226 e. The SMILES string of the molecule is CN(C(=O)C1C2CC3CC(C2)CC1C3)C1CCC(=O)CC1. The first kappa shape index (κ1) is 13.8. The number of hydrogen-bond donors (Lipinski definition) is 0. The van der Waals surface area contributed by atoms with E-state index in [0.29, 0.717) is 48.3 Å². The standard InChI is InChI=1S/C18H27NO2/c1-19(15-2-4-16(20)5-3-15)18(21)17-13-7-11-6-12(9-13)10-14(17)8-11/h11-15,17H,2-10H2,1H3. The summed E-state index contributed by atoms with van der Waals surface area (Å²) in [6, 6.07) is 0.312. The van der Waals surface area contributed by atoms with Crippen molar-refractivity contribution < 1.29 is 9.59 Å². The zero-order valence-corrected chi connectivity index (χ0v) is 13.1.